The number of rotatable bonds is 9. The van der Waals surface area contributed by atoms with Crippen LogP contribution in [0, 0.1) is 0 Å². The van der Waals surface area contributed by atoms with Gasteiger partial charge in [0.2, 0.25) is 5.91 Å². The van der Waals surface area contributed by atoms with Gasteiger partial charge in [-0.2, -0.15) is 13.2 Å². The molecule has 0 saturated heterocycles. The second-order valence-corrected chi connectivity index (χ2v) is 10.5. The number of halogens is 3. The van der Waals surface area contributed by atoms with Gasteiger partial charge in [-0.25, -0.2) is 0 Å². The summed E-state index contributed by atoms with van der Waals surface area (Å²) in [6, 6.07) is 26.2. The van der Waals surface area contributed by atoms with Crippen molar-refractivity contribution in [1.82, 2.24) is 15.2 Å². The third-order valence-corrected chi connectivity index (χ3v) is 7.63. The highest BCUT2D eigenvalue weighted by atomic mass is 19.4. The van der Waals surface area contributed by atoms with Crippen LogP contribution in [0.5, 0.6) is 0 Å². The van der Waals surface area contributed by atoms with Crippen molar-refractivity contribution in [3.05, 3.63) is 132 Å². The number of hydrogen-bond donors (Lipinski definition) is 2. The fourth-order valence-electron chi connectivity index (χ4n) is 5.16. The first kappa shape index (κ1) is 31.9. The molecule has 5 aromatic rings. The van der Waals surface area contributed by atoms with Gasteiger partial charge in [0, 0.05) is 35.9 Å². The van der Waals surface area contributed by atoms with Crippen molar-refractivity contribution in [3.63, 3.8) is 0 Å². The van der Waals surface area contributed by atoms with E-state index in [9.17, 15) is 27.6 Å². The topological polar surface area (TPSA) is 91.4 Å². The lowest BCUT2D eigenvalue weighted by atomic mass is 9.98. The van der Waals surface area contributed by atoms with E-state index in [-0.39, 0.29) is 17.0 Å². The zero-order chi connectivity index (χ0) is 32.8. The monoisotopic (exact) mass is 624 g/mol. The van der Waals surface area contributed by atoms with Gasteiger partial charge in [0.05, 0.1) is 16.6 Å². The Hall–Kier alpha value is -5.51. The minimum absolute atomic E-state index is 0.210. The molecule has 0 radical (unpaired) electrons. The summed E-state index contributed by atoms with van der Waals surface area (Å²) in [5, 5.41) is 6.34. The number of benzene rings is 4. The average molecular weight is 625 g/mol. The molecule has 0 unspecified atom stereocenters. The molecule has 0 spiro atoms. The van der Waals surface area contributed by atoms with Crippen LogP contribution >= 0.6 is 0 Å². The molecule has 0 aliphatic heterocycles. The minimum atomic E-state index is -4.46. The molecule has 1 atom stereocenters. The number of carbonyl (C=O) groups excluding carboxylic acids is 3. The second kappa shape index (κ2) is 13.6. The lowest BCUT2D eigenvalue weighted by molar-refractivity contribution is -0.137. The first-order valence-electron chi connectivity index (χ1n) is 14.7. The molecule has 2 N–H and O–H groups in total. The van der Waals surface area contributed by atoms with Crippen LogP contribution in [0.25, 0.3) is 22.0 Å². The van der Waals surface area contributed by atoms with Crippen LogP contribution in [0.15, 0.2) is 109 Å². The van der Waals surface area contributed by atoms with E-state index < -0.39 is 29.6 Å². The number of aromatic nitrogens is 1. The predicted molar refractivity (Wildman–Crippen MR) is 171 cm³/mol. The molecule has 7 nitrogen and oxygen atoms in total. The Morgan fingerprint density at radius 1 is 0.804 bits per heavy atom. The summed E-state index contributed by atoms with van der Waals surface area (Å²) in [5.41, 5.74) is 2.36. The Morgan fingerprint density at radius 3 is 2.15 bits per heavy atom. The lowest BCUT2D eigenvalue weighted by Crippen LogP contribution is -2.42. The molecule has 0 aliphatic rings. The fraction of sp³-hybridized carbons (Fsp3) is 0.167. The highest BCUT2D eigenvalue weighted by Gasteiger charge is 2.30. The number of hydrogen-bond acceptors (Lipinski definition) is 4. The molecule has 0 bridgehead atoms. The van der Waals surface area contributed by atoms with Gasteiger partial charge in [0.25, 0.3) is 11.8 Å². The van der Waals surface area contributed by atoms with Gasteiger partial charge < -0.3 is 15.5 Å². The number of alkyl halides is 3. The molecule has 10 heteroatoms. The van der Waals surface area contributed by atoms with E-state index in [1.165, 1.54) is 18.3 Å². The molecule has 0 saturated carbocycles. The zero-order valence-electron chi connectivity index (χ0n) is 25.1. The van der Waals surface area contributed by atoms with E-state index in [0.717, 1.165) is 12.1 Å². The van der Waals surface area contributed by atoms with Crippen molar-refractivity contribution in [1.29, 1.82) is 0 Å². The van der Waals surface area contributed by atoms with Gasteiger partial charge >= 0.3 is 6.18 Å². The van der Waals surface area contributed by atoms with Gasteiger partial charge in [-0.3, -0.25) is 19.4 Å². The predicted octanol–water partition coefficient (Wildman–Crippen LogP) is 7.51. The number of anilines is 1. The Morgan fingerprint density at radius 2 is 1.48 bits per heavy atom. The molecule has 0 aliphatic carbocycles. The molecular formula is C36H31F3N4O3. The van der Waals surface area contributed by atoms with Crippen molar-refractivity contribution < 1.29 is 27.6 Å². The Balaban J connectivity index is 1.34. The molecule has 46 heavy (non-hydrogen) atoms. The highest BCUT2D eigenvalue weighted by molar-refractivity contribution is 6.09. The molecule has 1 heterocycles. The maximum atomic E-state index is 13.3. The third kappa shape index (κ3) is 7.07. The summed E-state index contributed by atoms with van der Waals surface area (Å²) in [6.45, 7) is 4.78. The van der Waals surface area contributed by atoms with Gasteiger partial charge in [-0.05, 0) is 66.9 Å². The number of nitrogens with one attached hydrogen (secondary N) is 2. The fourth-order valence-corrected chi connectivity index (χ4v) is 5.16. The third-order valence-electron chi connectivity index (χ3n) is 7.63. The number of pyridine rings is 1. The summed E-state index contributed by atoms with van der Waals surface area (Å²) in [5.74, 6) is -1.12. The number of likely N-dealkylation sites (N-methyl/N-ethyl adjacent to an activating group) is 1. The van der Waals surface area contributed by atoms with Crippen molar-refractivity contribution in [3.8, 4) is 11.1 Å². The smallest absolute Gasteiger partial charge is 0.341 e. The zero-order valence-corrected chi connectivity index (χ0v) is 25.1. The average Bonchev–Trinajstić information content (AvgIpc) is 3.07. The second-order valence-electron chi connectivity index (χ2n) is 10.5. The number of carbonyl (C=O) groups is 3. The first-order chi connectivity index (χ1) is 22.1. The Bertz CT molecular complexity index is 1870. The van der Waals surface area contributed by atoms with Gasteiger partial charge in [-0.1, -0.05) is 66.7 Å². The summed E-state index contributed by atoms with van der Waals surface area (Å²) >= 11 is 0. The van der Waals surface area contributed by atoms with Gasteiger partial charge in [0.15, 0.2) is 0 Å². The molecule has 4 aromatic carbocycles. The summed E-state index contributed by atoms with van der Waals surface area (Å²) < 4.78 is 39.1. The quantitative estimate of drug-likeness (QED) is 0.178. The summed E-state index contributed by atoms with van der Waals surface area (Å²) in [7, 11) is 0. The highest BCUT2D eigenvalue weighted by Crippen LogP contribution is 2.32. The minimum Gasteiger partial charge on any atom is -0.341 e. The molecule has 234 valence electrons. The van der Waals surface area contributed by atoms with Gasteiger partial charge in [-0.15, -0.1) is 0 Å². The number of amides is 3. The molecular weight excluding hydrogens is 593 g/mol. The van der Waals surface area contributed by atoms with Crippen LogP contribution in [0.4, 0.5) is 18.9 Å². The van der Waals surface area contributed by atoms with Crippen LogP contribution in [0.1, 0.15) is 51.7 Å². The molecule has 5 rings (SSSR count). The van der Waals surface area contributed by atoms with Crippen LogP contribution in [-0.2, 0) is 11.0 Å². The van der Waals surface area contributed by atoms with E-state index in [1.807, 2.05) is 32.0 Å². The summed E-state index contributed by atoms with van der Waals surface area (Å²) in [6.07, 6.45) is -3.05. The summed E-state index contributed by atoms with van der Waals surface area (Å²) in [4.78, 5) is 46.0. The maximum Gasteiger partial charge on any atom is 0.416 e. The number of fused-ring (bicyclic) bond motifs is 1. The van der Waals surface area contributed by atoms with Crippen molar-refractivity contribution in [2.45, 2.75) is 26.1 Å². The van der Waals surface area contributed by atoms with Crippen molar-refractivity contribution in [2.75, 3.05) is 18.4 Å². The van der Waals surface area contributed by atoms with Crippen molar-refractivity contribution in [2.24, 2.45) is 0 Å². The SMILES string of the molecule is CCN(CC)C(=O)[C@H](NC(=O)c1cnc2cc(NC(=O)c3ccccc3-c3ccc(C(F)(F)F)cc3)ccc2c1)c1ccccc1. The van der Waals surface area contributed by atoms with E-state index in [2.05, 4.69) is 15.6 Å². The van der Waals surface area contributed by atoms with E-state index in [0.29, 0.717) is 46.4 Å². The Labute approximate surface area is 264 Å². The standard InChI is InChI=1S/C36H31F3N4O3/c1-3-43(4-2)35(46)32(24-10-6-5-7-11-24)42-33(44)26-20-25-16-19-28(21-31(25)40-22-26)41-34(45)30-13-9-8-12-29(30)23-14-17-27(18-15-23)36(37,38)39/h5-22,32H,3-4H2,1-2H3,(H,41,45)(H,42,44)/t32-/m1/s1. The van der Waals surface area contributed by atoms with Gasteiger partial charge in [0.1, 0.15) is 6.04 Å². The van der Waals surface area contributed by atoms with E-state index >= 15 is 0 Å². The lowest BCUT2D eigenvalue weighted by Gasteiger charge is -2.26. The van der Waals surface area contributed by atoms with Crippen LogP contribution in [0.3, 0.4) is 0 Å². The number of nitrogens with zero attached hydrogens (tertiary/aromatic N) is 2. The van der Waals surface area contributed by atoms with Crippen LogP contribution in [0.2, 0.25) is 0 Å². The van der Waals surface area contributed by atoms with E-state index in [1.54, 1.807) is 65.6 Å². The largest absolute Gasteiger partial charge is 0.416 e. The van der Waals surface area contributed by atoms with E-state index in [4.69, 9.17) is 0 Å². The molecule has 1 aromatic heterocycles. The maximum absolute atomic E-state index is 13.3. The van der Waals surface area contributed by atoms with Crippen LogP contribution < -0.4 is 10.6 Å². The molecule has 0 fully saturated rings. The van der Waals surface area contributed by atoms with Crippen LogP contribution in [-0.4, -0.2) is 40.7 Å². The Kier molecular flexibility index (Phi) is 9.46. The normalized spacial score (nSPS) is 11.9. The van der Waals surface area contributed by atoms with Crippen molar-refractivity contribution >= 4 is 34.3 Å². The molecule has 3 amide bonds. The first-order valence-corrected chi connectivity index (χ1v) is 14.7.